The molecule has 2 heteroatoms. The Morgan fingerprint density at radius 2 is 0.821 bits per heavy atom. The fourth-order valence-corrected chi connectivity index (χ4v) is 9.47. The molecular formula is C54H34N2. The molecule has 0 atom stereocenters. The third kappa shape index (κ3) is 4.44. The Hall–Kier alpha value is -7.42. The third-order valence-corrected chi connectivity index (χ3v) is 11.9. The van der Waals surface area contributed by atoms with Crippen LogP contribution in [0, 0.1) is 0 Å². The fourth-order valence-electron chi connectivity index (χ4n) is 9.47. The van der Waals surface area contributed by atoms with E-state index in [-0.39, 0.29) is 0 Å². The number of benzene rings is 10. The molecule has 1 aromatic heterocycles. The van der Waals surface area contributed by atoms with Crippen molar-refractivity contribution in [2.45, 2.75) is 0 Å². The maximum atomic E-state index is 2.49. The first-order chi connectivity index (χ1) is 27.8. The summed E-state index contributed by atoms with van der Waals surface area (Å²) in [6.07, 6.45) is 0. The summed E-state index contributed by atoms with van der Waals surface area (Å²) in [6, 6.07) is 75.8. The molecule has 2 heterocycles. The second-order valence-corrected chi connectivity index (χ2v) is 14.8. The van der Waals surface area contributed by atoms with Crippen LogP contribution in [0.1, 0.15) is 0 Å². The summed E-state index contributed by atoms with van der Waals surface area (Å²) in [5.41, 5.74) is 14.3. The Balaban J connectivity index is 1.10. The molecule has 0 saturated carbocycles. The van der Waals surface area contributed by atoms with E-state index in [0.717, 1.165) is 17.1 Å². The lowest BCUT2D eigenvalue weighted by Crippen LogP contribution is -2.11. The normalized spacial score (nSPS) is 12.2. The predicted octanol–water partition coefficient (Wildman–Crippen LogP) is 15.0. The molecule has 0 spiro atoms. The first-order valence-electron chi connectivity index (χ1n) is 19.4. The van der Waals surface area contributed by atoms with Crippen molar-refractivity contribution < 1.29 is 0 Å². The molecule has 0 aliphatic carbocycles. The highest BCUT2D eigenvalue weighted by molar-refractivity contribution is 6.26. The molecule has 2 nitrogen and oxygen atoms in total. The first kappa shape index (κ1) is 31.0. The maximum Gasteiger partial charge on any atom is 0.0640 e. The monoisotopic (exact) mass is 710 g/mol. The van der Waals surface area contributed by atoms with Crippen molar-refractivity contribution >= 4 is 71.2 Å². The molecule has 0 saturated heterocycles. The molecule has 11 aromatic rings. The summed E-state index contributed by atoms with van der Waals surface area (Å²) in [6.45, 7) is 0. The number of para-hydroxylation sites is 3. The van der Waals surface area contributed by atoms with Gasteiger partial charge in [0.2, 0.25) is 0 Å². The van der Waals surface area contributed by atoms with Crippen LogP contribution >= 0.6 is 0 Å². The standard InChI is InChI=1S/C54H34N2/c1-2-14-37(15-3-1)55-50-24-12-10-21-45(50)43-20-8-9-23-47(43)53-52(55)33-32-48-46-22-11-13-25-51(46)56(54(48)53)38-29-26-35(27-30-38)36-28-31-44-41-18-5-4-16-39(41)40-17-6-7-19-42(40)49(44)34-36/h1-34H. The van der Waals surface area contributed by atoms with E-state index in [2.05, 4.69) is 216 Å². The number of anilines is 3. The lowest BCUT2D eigenvalue weighted by atomic mass is 9.92. The summed E-state index contributed by atoms with van der Waals surface area (Å²) >= 11 is 0. The zero-order valence-electron chi connectivity index (χ0n) is 30.5. The lowest BCUT2D eigenvalue weighted by Gasteiger charge is -2.27. The van der Waals surface area contributed by atoms with Gasteiger partial charge in [0.25, 0.3) is 0 Å². The van der Waals surface area contributed by atoms with E-state index >= 15 is 0 Å². The number of hydrogen-bond acceptors (Lipinski definition) is 1. The van der Waals surface area contributed by atoms with E-state index in [4.69, 9.17) is 0 Å². The van der Waals surface area contributed by atoms with Crippen molar-refractivity contribution in [2.24, 2.45) is 0 Å². The molecule has 0 radical (unpaired) electrons. The summed E-state index contributed by atoms with van der Waals surface area (Å²) in [5.74, 6) is 0. The highest BCUT2D eigenvalue weighted by Crippen LogP contribution is 2.54. The lowest BCUT2D eigenvalue weighted by molar-refractivity contribution is 1.18. The summed E-state index contributed by atoms with van der Waals surface area (Å²) in [7, 11) is 0. The van der Waals surface area contributed by atoms with Crippen LogP contribution in [0.2, 0.25) is 0 Å². The van der Waals surface area contributed by atoms with Gasteiger partial charge in [-0.1, -0.05) is 158 Å². The smallest absolute Gasteiger partial charge is 0.0640 e. The molecule has 1 aliphatic heterocycles. The second-order valence-electron chi connectivity index (χ2n) is 14.8. The van der Waals surface area contributed by atoms with Crippen molar-refractivity contribution in [3.8, 4) is 39.1 Å². The average Bonchev–Trinajstić information content (AvgIpc) is 3.55. The fraction of sp³-hybridized carbons (Fsp3) is 0. The van der Waals surface area contributed by atoms with Crippen LogP contribution in [0.4, 0.5) is 17.1 Å². The Kier molecular flexibility index (Phi) is 6.66. The molecule has 0 unspecified atom stereocenters. The van der Waals surface area contributed by atoms with Gasteiger partial charge in [-0.05, 0) is 103 Å². The van der Waals surface area contributed by atoms with E-state index in [1.54, 1.807) is 0 Å². The maximum absolute atomic E-state index is 2.49. The van der Waals surface area contributed by atoms with Crippen LogP contribution in [0.5, 0.6) is 0 Å². The van der Waals surface area contributed by atoms with Crippen LogP contribution in [-0.4, -0.2) is 4.57 Å². The molecule has 10 aromatic carbocycles. The van der Waals surface area contributed by atoms with Gasteiger partial charge in [0.1, 0.15) is 0 Å². The Bertz CT molecular complexity index is 3320. The first-order valence-corrected chi connectivity index (χ1v) is 19.4. The van der Waals surface area contributed by atoms with Gasteiger partial charge >= 0.3 is 0 Å². The number of hydrogen-bond donors (Lipinski definition) is 0. The zero-order chi connectivity index (χ0) is 36.7. The van der Waals surface area contributed by atoms with Gasteiger partial charge in [0.05, 0.1) is 22.4 Å². The number of rotatable bonds is 3. The Labute approximate surface area is 324 Å². The minimum absolute atomic E-state index is 1.14. The van der Waals surface area contributed by atoms with E-state index < -0.39 is 0 Å². The van der Waals surface area contributed by atoms with Crippen molar-refractivity contribution in [2.75, 3.05) is 4.90 Å². The minimum Gasteiger partial charge on any atom is -0.309 e. The van der Waals surface area contributed by atoms with E-state index in [0.29, 0.717) is 0 Å². The van der Waals surface area contributed by atoms with Gasteiger partial charge in [-0.25, -0.2) is 0 Å². The Morgan fingerprint density at radius 3 is 1.55 bits per heavy atom. The van der Waals surface area contributed by atoms with Crippen LogP contribution in [0.3, 0.4) is 0 Å². The molecule has 0 fully saturated rings. The van der Waals surface area contributed by atoms with E-state index in [9.17, 15) is 0 Å². The highest BCUT2D eigenvalue weighted by atomic mass is 15.2. The van der Waals surface area contributed by atoms with Crippen LogP contribution in [-0.2, 0) is 0 Å². The van der Waals surface area contributed by atoms with Gasteiger partial charge in [-0.2, -0.15) is 0 Å². The third-order valence-electron chi connectivity index (χ3n) is 11.9. The van der Waals surface area contributed by atoms with Gasteiger partial charge in [-0.15, -0.1) is 0 Å². The predicted molar refractivity (Wildman–Crippen MR) is 238 cm³/mol. The second kappa shape index (κ2) is 12.0. The molecule has 1 aliphatic rings. The quantitative estimate of drug-likeness (QED) is 0.166. The number of fused-ring (bicyclic) bond motifs is 15. The highest BCUT2D eigenvalue weighted by Gasteiger charge is 2.29. The van der Waals surface area contributed by atoms with Crippen molar-refractivity contribution in [3.05, 3.63) is 206 Å². The number of nitrogens with zero attached hydrogens (tertiary/aromatic N) is 2. The molecule has 56 heavy (non-hydrogen) atoms. The molecule has 0 N–H and O–H groups in total. The SMILES string of the molecule is c1ccc(N2c3ccccc3-c3ccccc3-c3c2ccc2c4ccccc4n(-c4ccc(-c5ccc6c7ccccc7c7ccccc7c6c5)cc4)c32)cc1. The molecular weight excluding hydrogens is 677 g/mol. The van der Waals surface area contributed by atoms with Gasteiger partial charge in [0.15, 0.2) is 0 Å². The summed E-state index contributed by atoms with van der Waals surface area (Å²) < 4.78 is 2.49. The van der Waals surface area contributed by atoms with Gasteiger partial charge in [-0.3, -0.25) is 0 Å². The van der Waals surface area contributed by atoms with Crippen molar-refractivity contribution in [3.63, 3.8) is 0 Å². The largest absolute Gasteiger partial charge is 0.309 e. The minimum atomic E-state index is 1.14. The van der Waals surface area contributed by atoms with Gasteiger partial charge < -0.3 is 9.47 Å². The molecule has 0 bridgehead atoms. The van der Waals surface area contributed by atoms with Crippen molar-refractivity contribution in [1.29, 1.82) is 0 Å². The molecule has 0 amide bonds. The van der Waals surface area contributed by atoms with Gasteiger partial charge in [0, 0.05) is 33.3 Å². The Morgan fingerprint density at radius 1 is 0.286 bits per heavy atom. The van der Waals surface area contributed by atoms with Crippen LogP contribution in [0.15, 0.2) is 206 Å². The summed E-state index contributed by atoms with van der Waals surface area (Å²) in [5, 5.41) is 10.2. The van der Waals surface area contributed by atoms with E-state index in [1.165, 1.54) is 93.2 Å². The van der Waals surface area contributed by atoms with Crippen LogP contribution < -0.4 is 4.90 Å². The zero-order valence-corrected chi connectivity index (χ0v) is 30.5. The summed E-state index contributed by atoms with van der Waals surface area (Å²) in [4.78, 5) is 2.45. The van der Waals surface area contributed by atoms with E-state index in [1.807, 2.05) is 0 Å². The molecule has 260 valence electrons. The van der Waals surface area contributed by atoms with Crippen molar-refractivity contribution in [1.82, 2.24) is 4.57 Å². The average molecular weight is 711 g/mol. The number of aromatic nitrogens is 1. The topological polar surface area (TPSA) is 8.17 Å². The molecule has 12 rings (SSSR count). The van der Waals surface area contributed by atoms with Crippen LogP contribution in [0.25, 0.3) is 93.2 Å².